The van der Waals surface area contributed by atoms with Crippen molar-refractivity contribution < 1.29 is 0 Å². The molecule has 4 nitrogen and oxygen atoms in total. The van der Waals surface area contributed by atoms with E-state index in [1.165, 1.54) is 19.3 Å². The van der Waals surface area contributed by atoms with Crippen molar-refractivity contribution in [1.29, 1.82) is 0 Å². The Morgan fingerprint density at radius 3 is 2.93 bits per heavy atom. The smallest absolute Gasteiger partial charge is 0.138 e. The summed E-state index contributed by atoms with van der Waals surface area (Å²) in [5.41, 5.74) is 0. The van der Waals surface area contributed by atoms with Gasteiger partial charge in [-0.25, -0.2) is 4.98 Å². The van der Waals surface area contributed by atoms with Gasteiger partial charge in [-0.2, -0.15) is 5.10 Å². The van der Waals surface area contributed by atoms with Crippen molar-refractivity contribution >= 4 is 0 Å². The van der Waals surface area contributed by atoms with E-state index in [-0.39, 0.29) is 0 Å². The topological polar surface area (TPSA) is 42.7 Å². The molecule has 1 aromatic rings. The molecule has 1 N–H and O–H groups in total. The van der Waals surface area contributed by atoms with Gasteiger partial charge in [0.1, 0.15) is 12.2 Å². The van der Waals surface area contributed by atoms with Gasteiger partial charge in [-0.05, 0) is 25.3 Å². The standard InChI is InChI=1S/C11H20N4/c1-9(7-12-10-4-3-5-10)6-11-13-8-14-15(11)2/h8-10,12H,3-7H2,1-2H3. The highest BCUT2D eigenvalue weighted by molar-refractivity contribution is 4.86. The number of nitrogens with zero attached hydrogens (tertiary/aromatic N) is 3. The van der Waals surface area contributed by atoms with Crippen molar-refractivity contribution in [3.8, 4) is 0 Å². The largest absolute Gasteiger partial charge is 0.314 e. The van der Waals surface area contributed by atoms with Crippen LogP contribution in [0.15, 0.2) is 6.33 Å². The van der Waals surface area contributed by atoms with E-state index in [0.717, 1.165) is 24.8 Å². The van der Waals surface area contributed by atoms with E-state index in [0.29, 0.717) is 5.92 Å². The lowest BCUT2D eigenvalue weighted by atomic mass is 9.92. The van der Waals surface area contributed by atoms with Crippen LogP contribution in [-0.4, -0.2) is 27.4 Å². The van der Waals surface area contributed by atoms with Crippen molar-refractivity contribution in [2.75, 3.05) is 6.54 Å². The minimum Gasteiger partial charge on any atom is -0.314 e. The van der Waals surface area contributed by atoms with E-state index in [1.54, 1.807) is 6.33 Å². The molecule has 1 aromatic heterocycles. The predicted octanol–water partition coefficient (Wildman–Crippen LogP) is 1.14. The Morgan fingerprint density at radius 1 is 1.60 bits per heavy atom. The van der Waals surface area contributed by atoms with E-state index in [1.807, 2.05) is 11.7 Å². The fraction of sp³-hybridized carbons (Fsp3) is 0.818. The molecule has 0 aromatic carbocycles. The van der Waals surface area contributed by atoms with Crippen molar-refractivity contribution in [1.82, 2.24) is 20.1 Å². The van der Waals surface area contributed by atoms with Gasteiger partial charge in [0.2, 0.25) is 0 Å². The third-order valence-electron chi connectivity index (χ3n) is 3.20. The van der Waals surface area contributed by atoms with Crippen molar-refractivity contribution in [3.05, 3.63) is 12.2 Å². The zero-order chi connectivity index (χ0) is 10.7. The Morgan fingerprint density at radius 2 is 2.40 bits per heavy atom. The first-order chi connectivity index (χ1) is 7.25. The molecule has 2 rings (SSSR count). The molecule has 1 heterocycles. The van der Waals surface area contributed by atoms with Gasteiger partial charge in [-0.15, -0.1) is 0 Å². The molecule has 0 saturated heterocycles. The van der Waals surface area contributed by atoms with Crippen LogP contribution in [-0.2, 0) is 13.5 Å². The van der Waals surface area contributed by atoms with Crippen LogP contribution in [0.1, 0.15) is 32.0 Å². The first-order valence-corrected chi connectivity index (χ1v) is 5.82. The minimum absolute atomic E-state index is 0.633. The van der Waals surface area contributed by atoms with E-state index >= 15 is 0 Å². The molecule has 1 saturated carbocycles. The van der Waals surface area contributed by atoms with Crippen LogP contribution in [0, 0.1) is 5.92 Å². The van der Waals surface area contributed by atoms with E-state index < -0.39 is 0 Å². The van der Waals surface area contributed by atoms with Crippen LogP contribution in [0.3, 0.4) is 0 Å². The van der Waals surface area contributed by atoms with E-state index in [4.69, 9.17) is 0 Å². The molecule has 0 bridgehead atoms. The highest BCUT2D eigenvalue weighted by Gasteiger charge is 2.17. The molecule has 0 spiro atoms. The van der Waals surface area contributed by atoms with Gasteiger partial charge in [-0.1, -0.05) is 13.3 Å². The van der Waals surface area contributed by atoms with E-state index in [2.05, 4.69) is 22.3 Å². The van der Waals surface area contributed by atoms with Crippen LogP contribution in [0.2, 0.25) is 0 Å². The molecule has 84 valence electrons. The Bertz CT molecular complexity index is 303. The lowest BCUT2D eigenvalue weighted by Gasteiger charge is -2.27. The SMILES string of the molecule is CC(CNC1CCC1)Cc1ncnn1C. The molecular weight excluding hydrogens is 188 g/mol. The molecule has 1 fully saturated rings. The van der Waals surface area contributed by atoms with Crippen molar-refractivity contribution in [2.24, 2.45) is 13.0 Å². The number of rotatable bonds is 5. The second kappa shape index (κ2) is 4.75. The summed E-state index contributed by atoms with van der Waals surface area (Å²) in [6, 6.07) is 0.784. The monoisotopic (exact) mass is 208 g/mol. The highest BCUT2D eigenvalue weighted by atomic mass is 15.3. The molecule has 0 aliphatic heterocycles. The molecule has 1 atom stereocenters. The lowest BCUT2D eigenvalue weighted by Crippen LogP contribution is -2.38. The average molecular weight is 208 g/mol. The van der Waals surface area contributed by atoms with Crippen LogP contribution >= 0.6 is 0 Å². The third-order valence-corrected chi connectivity index (χ3v) is 3.20. The number of nitrogens with one attached hydrogen (secondary N) is 1. The van der Waals surface area contributed by atoms with Crippen molar-refractivity contribution in [2.45, 2.75) is 38.6 Å². The summed E-state index contributed by atoms with van der Waals surface area (Å²) in [6.07, 6.45) is 6.75. The summed E-state index contributed by atoms with van der Waals surface area (Å²) in [7, 11) is 1.95. The number of aromatic nitrogens is 3. The maximum Gasteiger partial charge on any atom is 0.138 e. The molecule has 0 radical (unpaired) electrons. The molecular formula is C11H20N4. The second-order valence-corrected chi connectivity index (χ2v) is 4.65. The van der Waals surface area contributed by atoms with Gasteiger partial charge < -0.3 is 5.32 Å². The van der Waals surface area contributed by atoms with Crippen LogP contribution < -0.4 is 5.32 Å². The van der Waals surface area contributed by atoms with Gasteiger partial charge in [0, 0.05) is 19.5 Å². The van der Waals surface area contributed by atoms with Gasteiger partial charge in [-0.3, -0.25) is 4.68 Å². The average Bonchev–Trinajstić information content (AvgIpc) is 2.49. The van der Waals surface area contributed by atoms with E-state index in [9.17, 15) is 0 Å². The fourth-order valence-corrected chi connectivity index (χ4v) is 1.87. The summed E-state index contributed by atoms with van der Waals surface area (Å²) in [4.78, 5) is 4.24. The Labute approximate surface area is 91.1 Å². The summed E-state index contributed by atoms with van der Waals surface area (Å²) < 4.78 is 1.86. The molecule has 1 aliphatic rings. The number of hydrogen-bond acceptors (Lipinski definition) is 3. The van der Waals surface area contributed by atoms with Crippen LogP contribution in [0.4, 0.5) is 0 Å². The Balaban J connectivity index is 1.71. The second-order valence-electron chi connectivity index (χ2n) is 4.65. The van der Waals surface area contributed by atoms with Gasteiger partial charge in [0.15, 0.2) is 0 Å². The summed E-state index contributed by atoms with van der Waals surface area (Å²) in [6.45, 7) is 3.36. The van der Waals surface area contributed by atoms with Crippen LogP contribution in [0.25, 0.3) is 0 Å². The number of aryl methyl sites for hydroxylation is 1. The normalized spacial score (nSPS) is 18.8. The highest BCUT2D eigenvalue weighted by Crippen LogP contribution is 2.18. The quantitative estimate of drug-likeness (QED) is 0.789. The Hall–Kier alpha value is -0.900. The third kappa shape index (κ3) is 2.78. The molecule has 1 unspecified atom stereocenters. The molecule has 4 heteroatoms. The lowest BCUT2D eigenvalue weighted by molar-refractivity contribution is 0.319. The molecule has 15 heavy (non-hydrogen) atoms. The zero-order valence-corrected chi connectivity index (χ0v) is 9.61. The maximum atomic E-state index is 4.24. The fourth-order valence-electron chi connectivity index (χ4n) is 1.87. The summed E-state index contributed by atoms with van der Waals surface area (Å²) in [5, 5.41) is 7.67. The molecule has 1 aliphatic carbocycles. The predicted molar refractivity (Wildman–Crippen MR) is 59.5 cm³/mol. The maximum absolute atomic E-state index is 4.24. The summed E-state index contributed by atoms with van der Waals surface area (Å²) >= 11 is 0. The Kier molecular flexibility index (Phi) is 3.36. The van der Waals surface area contributed by atoms with Crippen LogP contribution in [0.5, 0.6) is 0 Å². The van der Waals surface area contributed by atoms with Crippen molar-refractivity contribution in [3.63, 3.8) is 0 Å². The molecule has 0 amide bonds. The number of hydrogen-bond donors (Lipinski definition) is 1. The van der Waals surface area contributed by atoms with Gasteiger partial charge >= 0.3 is 0 Å². The van der Waals surface area contributed by atoms with Gasteiger partial charge in [0.25, 0.3) is 0 Å². The van der Waals surface area contributed by atoms with Gasteiger partial charge in [0.05, 0.1) is 0 Å². The summed E-state index contributed by atoms with van der Waals surface area (Å²) in [5.74, 6) is 1.71. The first-order valence-electron chi connectivity index (χ1n) is 5.82. The first kappa shape index (κ1) is 10.6. The zero-order valence-electron chi connectivity index (χ0n) is 9.61. The minimum atomic E-state index is 0.633.